The summed E-state index contributed by atoms with van der Waals surface area (Å²) in [7, 11) is 1.57. The van der Waals surface area contributed by atoms with Gasteiger partial charge in [0.15, 0.2) is 5.78 Å². The molecule has 0 saturated heterocycles. The molecule has 0 fully saturated rings. The molecular weight excluding hydrogens is 376 g/mol. The second-order valence-corrected chi connectivity index (χ2v) is 6.66. The molecule has 0 atom stereocenters. The van der Waals surface area contributed by atoms with Gasteiger partial charge in [-0.25, -0.2) is 0 Å². The molecule has 1 heterocycles. The number of furan rings is 1. The molecule has 0 bridgehead atoms. The summed E-state index contributed by atoms with van der Waals surface area (Å²) in [5, 5.41) is 1.35. The third-order valence-corrected chi connectivity index (χ3v) is 4.84. The lowest BCUT2D eigenvalue weighted by Gasteiger charge is -2.08. The Hall–Kier alpha value is -3.24. The molecular formula is C23H17ClO4. The summed E-state index contributed by atoms with van der Waals surface area (Å²) in [5.41, 5.74) is 2.52. The van der Waals surface area contributed by atoms with Crippen molar-refractivity contribution in [1.82, 2.24) is 0 Å². The van der Waals surface area contributed by atoms with Gasteiger partial charge in [-0.05, 0) is 36.4 Å². The van der Waals surface area contributed by atoms with Crippen LogP contribution >= 0.6 is 11.6 Å². The van der Waals surface area contributed by atoms with E-state index in [0.717, 1.165) is 5.56 Å². The van der Waals surface area contributed by atoms with E-state index in [1.807, 2.05) is 36.4 Å². The number of hydrogen-bond acceptors (Lipinski definition) is 4. The number of carbonyl (C=O) groups excluding carboxylic acids is 1. The van der Waals surface area contributed by atoms with E-state index in [9.17, 15) is 4.79 Å². The molecule has 140 valence electrons. The maximum Gasteiger partial charge on any atom is 0.197 e. The predicted molar refractivity (Wildman–Crippen MR) is 108 cm³/mol. The van der Waals surface area contributed by atoms with Crippen molar-refractivity contribution in [2.45, 2.75) is 6.61 Å². The minimum absolute atomic E-state index is 0.138. The quantitative estimate of drug-likeness (QED) is 0.383. The Morgan fingerprint density at radius 2 is 1.86 bits per heavy atom. The second kappa shape index (κ2) is 7.79. The molecule has 5 heteroatoms. The summed E-state index contributed by atoms with van der Waals surface area (Å²) in [6.45, 7) is 0.336. The Balaban J connectivity index is 1.62. The van der Waals surface area contributed by atoms with E-state index in [1.165, 1.54) is 6.26 Å². The van der Waals surface area contributed by atoms with Crippen LogP contribution in [-0.2, 0) is 6.61 Å². The van der Waals surface area contributed by atoms with Crippen LogP contribution in [0.5, 0.6) is 11.5 Å². The minimum atomic E-state index is -0.138. The van der Waals surface area contributed by atoms with Crippen LogP contribution in [0.15, 0.2) is 77.4 Å². The SMILES string of the molecule is COc1cccc(C(=O)c2coc3ccc(OCc4ccccc4Cl)cc23)c1. The molecule has 4 aromatic rings. The molecule has 0 aliphatic rings. The molecule has 28 heavy (non-hydrogen) atoms. The molecule has 0 amide bonds. The van der Waals surface area contributed by atoms with Gasteiger partial charge in [0.2, 0.25) is 0 Å². The number of benzene rings is 3. The van der Waals surface area contributed by atoms with Crippen LogP contribution < -0.4 is 9.47 Å². The van der Waals surface area contributed by atoms with Crippen molar-refractivity contribution in [3.8, 4) is 11.5 Å². The van der Waals surface area contributed by atoms with Gasteiger partial charge in [0.25, 0.3) is 0 Å². The van der Waals surface area contributed by atoms with Gasteiger partial charge in [0.05, 0.1) is 12.7 Å². The first kappa shape index (κ1) is 18.1. The van der Waals surface area contributed by atoms with Gasteiger partial charge in [-0.15, -0.1) is 0 Å². The van der Waals surface area contributed by atoms with E-state index in [1.54, 1.807) is 37.4 Å². The zero-order valence-corrected chi connectivity index (χ0v) is 15.9. The highest BCUT2D eigenvalue weighted by atomic mass is 35.5. The van der Waals surface area contributed by atoms with Crippen molar-refractivity contribution in [1.29, 1.82) is 0 Å². The maximum atomic E-state index is 13.0. The van der Waals surface area contributed by atoms with Gasteiger partial charge >= 0.3 is 0 Å². The molecule has 1 aromatic heterocycles. The fraction of sp³-hybridized carbons (Fsp3) is 0.0870. The van der Waals surface area contributed by atoms with Gasteiger partial charge in [0, 0.05) is 21.5 Å². The number of carbonyl (C=O) groups is 1. The summed E-state index contributed by atoms with van der Waals surface area (Å²) >= 11 is 6.18. The van der Waals surface area contributed by atoms with Crippen molar-refractivity contribution < 1.29 is 18.7 Å². The number of halogens is 1. The molecule has 0 radical (unpaired) electrons. The number of ether oxygens (including phenoxy) is 2. The average Bonchev–Trinajstić information content (AvgIpc) is 3.16. The normalized spacial score (nSPS) is 10.8. The zero-order chi connectivity index (χ0) is 19.5. The van der Waals surface area contributed by atoms with Crippen molar-refractivity contribution in [3.63, 3.8) is 0 Å². The topological polar surface area (TPSA) is 48.7 Å². The molecule has 4 rings (SSSR count). The Morgan fingerprint density at radius 1 is 1.00 bits per heavy atom. The van der Waals surface area contributed by atoms with Crippen LogP contribution in [0.2, 0.25) is 5.02 Å². The van der Waals surface area contributed by atoms with Gasteiger partial charge in [-0.2, -0.15) is 0 Å². The lowest BCUT2D eigenvalue weighted by atomic mass is 10.0. The van der Waals surface area contributed by atoms with Gasteiger partial charge in [-0.1, -0.05) is 41.9 Å². The lowest BCUT2D eigenvalue weighted by molar-refractivity contribution is 0.103. The van der Waals surface area contributed by atoms with Crippen LogP contribution in [0.1, 0.15) is 21.5 Å². The number of ketones is 1. The smallest absolute Gasteiger partial charge is 0.197 e. The highest BCUT2D eigenvalue weighted by molar-refractivity contribution is 6.31. The number of methoxy groups -OCH3 is 1. The number of rotatable bonds is 6. The lowest BCUT2D eigenvalue weighted by Crippen LogP contribution is -2.01. The monoisotopic (exact) mass is 392 g/mol. The number of fused-ring (bicyclic) bond motifs is 1. The first-order valence-electron chi connectivity index (χ1n) is 8.72. The Kier molecular flexibility index (Phi) is 5.04. The molecule has 4 nitrogen and oxygen atoms in total. The van der Waals surface area contributed by atoms with Gasteiger partial charge in [-0.3, -0.25) is 4.79 Å². The molecule has 0 aliphatic heterocycles. The van der Waals surface area contributed by atoms with Crippen molar-refractivity contribution in [2.24, 2.45) is 0 Å². The fourth-order valence-electron chi connectivity index (χ4n) is 2.97. The maximum absolute atomic E-state index is 13.0. The largest absolute Gasteiger partial charge is 0.497 e. The van der Waals surface area contributed by atoms with Crippen molar-refractivity contribution in [3.05, 3.63) is 94.7 Å². The van der Waals surface area contributed by atoms with Crippen molar-refractivity contribution >= 4 is 28.4 Å². The first-order chi connectivity index (χ1) is 13.7. The van der Waals surface area contributed by atoms with E-state index in [2.05, 4.69) is 0 Å². The zero-order valence-electron chi connectivity index (χ0n) is 15.1. The highest BCUT2D eigenvalue weighted by Gasteiger charge is 2.17. The Labute approximate surface area is 167 Å². The van der Waals surface area contributed by atoms with Crippen LogP contribution in [0.3, 0.4) is 0 Å². The van der Waals surface area contributed by atoms with Crippen LogP contribution in [0.4, 0.5) is 0 Å². The van der Waals surface area contributed by atoms with Crippen molar-refractivity contribution in [2.75, 3.05) is 7.11 Å². The van der Waals surface area contributed by atoms with Crippen LogP contribution in [0.25, 0.3) is 11.0 Å². The second-order valence-electron chi connectivity index (χ2n) is 6.25. The van der Waals surface area contributed by atoms with E-state index < -0.39 is 0 Å². The minimum Gasteiger partial charge on any atom is -0.497 e. The van der Waals surface area contributed by atoms with Crippen LogP contribution in [0, 0.1) is 0 Å². The predicted octanol–water partition coefficient (Wildman–Crippen LogP) is 5.90. The molecule has 0 aliphatic carbocycles. The van der Waals surface area contributed by atoms with E-state index in [4.69, 9.17) is 25.5 Å². The Bertz CT molecular complexity index is 1150. The molecule has 0 spiro atoms. The highest BCUT2D eigenvalue weighted by Crippen LogP contribution is 2.29. The molecule has 0 saturated carbocycles. The van der Waals surface area contributed by atoms with Gasteiger partial charge < -0.3 is 13.9 Å². The molecule has 0 N–H and O–H groups in total. The summed E-state index contributed by atoms with van der Waals surface area (Å²) in [5.74, 6) is 1.12. The molecule has 3 aromatic carbocycles. The van der Waals surface area contributed by atoms with E-state index >= 15 is 0 Å². The van der Waals surface area contributed by atoms with E-state index in [-0.39, 0.29) is 5.78 Å². The standard InChI is InChI=1S/C23H17ClO4/c1-26-17-7-4-6-15(11-17)23(25)20-14-28-22-10-9-18(12-19(20)22)27-13-16-5-2-3-8-21(16)24/h2-12,14H,13H2,1H3. The number of hydrogen-bond donors (Lipinski definition) is 0. The van der Waals surface area contributed by atoms with Crippen LogP contribution in [-0.4, -0.2) is 12.9 Å². The summed E-state index contributed by atoms with van der Waals surface area (Å²) in [6.07, 6.45) is 1.48. The summed E-state index contributed by atoms with van der Waals surface area (Å²) in [6, 6.07) is 20.0. The fourth-order valence-corrected chi connectivity index (χ4v) is 3.16. The summed E-state index contributed by atoms with van der Waals surface area (Å²) in [4.78, 5) is 13.0. The molecule has 0 unspecified atom stereocenters. The van der Waals surface area contributed by atoms with E-state index in [0.29, 0.717) is 45.2 Å². The Morgan fingerprint density at radius 3 is 2.68 bits per heavy atom. The summed E-state index contributed by atoms with van der Waals surface area (Å²) < 4.78 is 16.6. The average molecular weight is 393 g/mol. The third kappa shape index (κ3) is 3.59. The van der Waals surface area contributed by atoms with Gasteiger partial charge in [0.1, 0.15) is 30.0 Å². The first-order valence-corrected chi connectivity index (χ1v) is 9.10. The third-order valence-electron chi connectivity index (χ3n) is 4.47.